The van der Waals surface area contributed by atoms with Gasteiger partial charge in [-0.25, -0.2) is 9.99 Å². The van der Waals surface area contributed by atoms with E-state index < -0.39 is 18.3 Å². The van der Waals surface area contributed by atoms with Gasteiger partial charge in [-0.2, -0.15) is 18.3 Å². The first-order valence-electron chi connectivity index (χ1n) is 7.34. The number of rotatable bonds is 5. The van der Waals surface area contributed by atoms with E-state index >= 15 is 0 Å². The van der Waals surface area contributed by atoms with Crippen LogP contribution in [0.15, 0.2) is 35.1 Å². The fourth-order valence-corrected chi connectivity index (χ4v) is 2.45. The number of aliphatic hydroxyl groups is 1. The smallest absolute Gasteiger partial charge is 0.362 e. The first-order valence-corrected chi connectivity index (χ1v) is 7.34. The molecule has 0 saturated heterocycles. The third-order valence-electron chi connectivity index (χ3n) is 3.72. The van der Waals surface area contributed by atoms with E-state index in [1.54, 1.807) is 13.0 Å². The largest absolute Gasteiger partial charge is 0.438 e. The summed E-state index contributed by atoms with van der Waals surface area (Å²) in [5.74, 6) is -0.113. The molecular weight excluding hydrogens is 325 g/mol. The minimum atomic E-state index is -4.89. The Hall–Kier alpha value is -2.13. The number of hydrogen-bond acceptors (Lipinski definition) is 6. The molecule has 0 spiro atoms. The zero-order chi connectivity index (χ0) is 18.0. The third-order valence-corrected chi connectivity index (χ3v) is 3.72. The normalized spacial score (nSPS) is 21.9. The van der Waals surface area contributed by atoms with E-state index in [1.807, 2.05) is 6.92 Å². The minimum absolute atomic E-state index is 0.113. The maximum Gasteiger partial charge on any atom is 0.438 e. The molecule has 0 aliphatic carbocycles. The molecule has 2 heterocycles. The molecule has 1 aliphatic rings. The molecule has 0 amide bonds. The van der Waals surface area contributed by atoms with Crippen LogP contribution in [0.2, 0.25) is 0 Å². The fourth-order valence-electron chi connectivity index (χ4n) is 2.45. The zero-order valence-electron chi connectivity index (χ0n) is 13.6. The van der Waals surface area contributed by atoms with Crippen LogP contribution in [0.3, 0.4) is 0 Å². The van der Waals surface area contributed by atoms with Gasteiger partial charge < -0.3 is 5.11 Å². The van der Waals surface area contributed by atoms with Gasteiger partial charge in [-0.15, -0.1) is 0 Å². The van der Waals surface area contributed by atoms with Gasteiger partial charge in [-0.3, -0.25) is 10.3 Å². The van der Waals surface area contributed by atoms with Crippen molar-refractivity contribution in [3.63, 3.8) is 0 Å². The highest BCUT2D eigenvalue weighted by atomic mass is 19.4. The van der Waals surface area contributed by atoms with Crippen molar-refractivity contribution in [3.8, 4) is 0 Å². The van der Waals surface area contributed by atoms with Gasteiger partial charge in [0.25, 0.3) is 5.72 Å². The van der Waals surface area contributed by atoms with E-state index in [-0.39, 0.29) is 11.5 Å². The van der Waals surface area contributed by atoms with Gasteiger partial charge in [-0.05, 0) is 31.1 Å². The van der Waals surface area contributed by atoms with Gasteiger partial charge >= 0.3 is 6.18 Å². The van der Waals surface area contributed by atoms with Gasteiger partial charge in [0.2, 0.25) is 0 Å². The quantitative estimate of drug-likeness (QED) is 0.803. The molecule has 0 bridgehead atoms. The predicted molar refractivity (Wildman–Crippen MR) is 84.5 cm³/mol. The Labute approximate surface area is 137 Å². The van der Waals surface area contributed by atoms with Crippen LogP contribution in [0, 0.1) is 0 Å². The lowest BCUT2D eigenvalue weighted by atomic mass is 9.99. The Morgan fingerprint density at radius 1 is 1.50 bits per heavy atom. The van der Waals surface area contributed by atoms with E-state index in [1.165, 1.54) is 25.4 Å². The number of hydrazone groups is 1. The van der Waals surface area contributed by atoms with Gasteiger partial charge in [0.15, 0.2) is 5.82 Å². The van der Waals surface area contributed by atoms with Crippen LogP contribution < -0.4 is 10.5 Å². The highest BCUT2D eigenvalue weighted by Crippen LogP contribution is 2.43. The highest BCUT2D eigenvalue weighted by molar-refractivity contribution is 6.03. The average molecular weight is 344 g/mol. The van der Waals surface area contributed by atoms with Gasteiger partial charge in [0.05, 0.1) is 31.1 Å². The topological polar surface area (TPSA) is 70.0 Å². The lowest BCUT2D eigenvalue weighted by Crippen LogP contribution is -2.55. The van der Waals surface area contributed by atoms with Crippen molar-refractivity contribution >= 4 is 17.2 Å². The van der Waals surface area contributed by atoms with E-state index in [0.29, 0.717) is 22.7 Å². The van der Waals surface area contributed by atoms with Crippen molar-refractivity contribution in [2.75, 3.05) is 17.6 Å². The van der Waals surface area contributed by atoms with Crippen LogP contribution in [0.5, 0.6) is 0 Å². The number of nitrogens with zero attached hydrogens (tertiary/aromatic N) is 3. The summed E-state index contributed by atoms with van der Waals surface area (Å²) in [5.41, 5.74) is 0.688. The van der Waals surface area contributed by atoms with E-state index in [4.69, 9.17) is 4.84 Å². The van der Waals surface area contributed by atoms with Crippen molar-refractivity contribution in [1.82, 2.24) is 4.98 Å². The predicted octanol–water partition coefficient (Wildman–Crippen LogP) is 3.23. The lowest BCUT2D eigenvalue weighted by Gasteiger charge is -2.33. The van der Waals surface area contributed by atoms with Crippen LogP contribution in [0.1, 0.15) is 26.7 Å². The first kappa shape index (κ1) is 18.2. The van der Waals surface area contributed by atoms with Crippen molar-refractivity contribution < 1.29 is 23.1 Å². The Morgan fingerprint density at radius 2 is 2.21 bits per heavy atom. The molecule has 1 aromatic rings. The number of allylic oxidation sites excluding steroid dienone is 2. The SMILES string of the molecule is C/C=C(\CC)C1=NN(c2ccc(NOC)cn2)C(O)(C(F)(F)F)C1. The molecule has 6 nitrogen and oxygen atoms in total. The fraction of sp³-hybridized carbons (Fsp3) is 0.467. The molecular formula is C15H19F3N4O2. The summed E-state index contributed by atoms with van der Waals surface area (Å²) < 4.78 is 40.4. The first-order chi connectivity index (χ1) is 11.3. The molecule has 1 aliphatic heterocycles. The van der Waals surface area contributed by atoms with E-state index in [0.717, 1.165) is 0 Å². The summed E-state index contributed by atoms with van der Waals surface area (Å²) >= 11 is 0. The molecule has 24 heavy (non-hydrogen) atoms. The average Bonchev–Trinajstić information content (AvgIpc) is 2.88. The van der Waals surface area contributed by atoms with Crippen LogP contribution >= 0.6 is 0 Å². The van der Waals surface area contributed by atoms with E-state index in [9.17, 15) is 18.3 Å². The Morgan fingerprint density at radius 3 is 2.67 bits per heavy atom. The molecule has 2 N–H and O–H groups in total. The van der Waals surface area contributed by atoms with Crippen LogP contribution in [-0.4, -0.2) is 34.8 Å². The molecule has 0 saturated carbocycles. The monoisotopic (exact) mass is 344 g/mol. The summed E-state index contributed by atoms with van der Waals surface area (Å²) in [6, 6.07) is 2.80. The van der Waals surface area contributed by atoms with Gasteiger partial charge in [0.1, 0.15) is 0 Å². The van der Waals surface area contributed by atoms with E-state index in [2.05, 4.69) is 15.6 Å². The minimum Gasteiger partial charge on any atom is -0.362 e. The van der Waals surface area contributed by atoms with Crippen molar-refractivity contribution in [1.29, 1.82) is 0 Å². The lowest BCUT2D eigenvalue weighted by molar-refractivity contribution is -0.254. The molecule has 132 valence electrons. The second-order valence-electron chi connectivity index (χ2n) is 5.23. The third kappa shape index (κ3) is 3.22. The number of hydrogen-bond donors (Lipinski definition) is 2. The maximum absolute atomic E-state index is 13.5. The van der Waals surface area contributed by atoms with Crippen molar-refractivity contribution in [2.24, 2.45) is 5.10 Å². The van der Waals surface area contributed by atoms with Crippen LogP contribution in [0.25, 0.3) is 0 Å². The molecule has 2 rings (SSSR count). The Kier molecular flexibility index (Phi) is 5.14. The van der Waals surface area contributed by atoms with Crippen LogP contribution in [0.4, 0.5) is 24.7 Å². The zero-order valence-corrected chi connectivity index (χ0v) is 13.6. The number of nitrogens with one attached hydrogen (secondary N) is 1. The molecule has 0 aromatic carbocycles. The number of pyridine rings is 1. The molecule has 1 aromatic heterocycles. The number of aromatic nitrogens is 1. The molecule has 0 radical (unpaired) electrons. The Balaban J connectivity index is 2.44. The molecule has 9 heteroatoms. The second kappa shape index (κ2) is 6.78. The van der Waals surface area contributed by atoms with Gasteiger partial charge in [0, 0.05) is 0 Å². The summed E-state index contributed by atoms with van der Waals surface area (Å²) in [5, 5.41) is 14.8. The van der Waals surface area contributed by atoms with Crippen molar-refractivity contribution in [2.45, 2.75) is 38.6 Å². The summed E-state index contributed by atoms with van der Waals surface area (Å²) in [6.07, 6.45) is -2.04. The van der Waals surface area contributed by atoms with Crippen molar-refractivity contribution in [3.05, 3.63) is 30.0 Å². The Bertz CT molecular complexity index is 643. The highest BCUT2D eigenvalue weighted by Gasteiger charge is 2.62. The maximum atomic E-state index is 13.5. The standard InChI is InChI=1S/C15H19F3N4O2/c1-4-10(5-2)12-8-14(23,15(16,17)18)22(20-12)13-7-6-11(9-19-13)21-24-3/h4,6-7,9,21,23H,5,8H2,1-3H3/b10-4+. The molecule has 1 atom stereocenters. The van der Waals surface area contributed by atoms with Crippen LogP contribution in [-0.2, 0) is 4.84 Å². The van der Waals surface area contributed by atoms with Gasteiger partial charge in [-0.1, -0.05) is 13.0 Å². The summed E-state index contributed by atoms with van der Waals surface area (Å²) in [4.78, 5) is 8.63. The summed E-state index contributed by atoms with van der Waals surface area (Å²) in [7, 11) is 1.40. The number of halogens is 3. The molecule has 0 fully saturated rings. The number of anilines is 2. The summed E-state index contributed by atoms with van der Waals surface area (Å²) in [6.45, 7) is 3.54. The molecule has 1 unspecified atom stereocenters. The second-order valence-corrected chi connectivity index (χ2v) is 5.23. The number of alkyl halides is 3.